The molecule has 1 heterocycles. The normalized spacial score (nSPS) is 12.4. The second-order valence-electron chi connectivity index (χ2n) is 6.74. The van der Waals surface area contributed by atoms with Crippen LogP contribution in [0.3, 0.4) is 0 Å². The second-order valence-corrected chi connectivity index (χ2v) is 9.86. The molecule has 0 unspecified atom stereocenters. The molecule has 0 radical (unpaired) electrons. The summed E-state index contributed by atoms with van der Waals surface area (Å²) >= 11 is 1.36. The van der Waals surface area contributed by atoms with Gasteiger partial charge in [0.1, 0.15) is 11.6 Å². The number of hydrogen-bond donors (Lipinski definition) is 0. The highest BCUT2D eigenvalue weighted by Gasteiger charge is 2.15. The summed E-state index contributed by atoms with van der Waals surface area (Å²) in [4.78, 5) is 17.2. The van der Waals surface area contributed by atoms with E-state index in [2.05, 4.69) is 4.99 Å². The van der Waals surface area contributed by atoms with E-state index >= 15 is 0 Å². The molecule has 10 heteroatoms. The molecule has 166 valence electrons. The summed E-state index contributed by atoms with van der Waals surface area (Å²) in [5.41, 5.74) is 0.910. The van der Waals surface area contributed by atoms with Gasteiger partial charge in [-0.25, -0.2) is 12.8 Å². The fourth-order valence-corrected chi connectivity index (χ4v) is 5.41. The Morgan fingerprint density at radius 3 is 2.58 bits per heavy atom. The van der Waals surface area contributed by atoms with E-state index in [1.54, 1.807) is 14.2 Å². The molecule has 31 heavy (non-hydrogen) atoms. The van der Waals surface area contributed by atoms with Crippen molar-refractivity contribution in [2.24, 2.45) is 4.99 Å². The van der Waals surface area contributed by atoms with Crippen LogP contribution in [-0.2, 0) is 25.9 Å². The summed E-state index contributed by atoms with van der Waals surface area (Å²) in [7, 11) is -0.403. The summed E-state index contributed by atoms with van der Waals surface area (Å²) in [6.45, 7) is 0.975. The van der Waals surface area contributed by atoms with Gasteiger partial charge < -0.3 is 14.0 Å². The SMILES string of the molecule is COCCn1c(=NC(=O)CCCS(=O)(=O)c2ccc(F)cc2)sc2cc(OC)ccc21. The van der Waals surface area contributed by atoms with E-state index in [4.69, 9.17) is 9.47 Å². The Morgan fingerprint density at radius 1 is 1.16 bits per heavy atom. The minimum Gasteiger partial charge on any atom is -0.497 e. The number of carbonyl (C=O) groups excluding carboxylic acids is 1. The highest BCUT2D eigenvalue weighted by molar-refractivity contribution is 7.91. The van der Waals surface area contributed by atoms with Crippen molar-refractivity contribution in [3.63, 3.8) is 0 Å². The van der Waals surface area contributed by atoms with Gasteiger partial charge in [0.15, 0.2) is 14.6 Å². The number of sulfone groups is 1. The lowest BCUT2D eigenvalue weighted by molar-refractivity contribution is -0.118. The molecule has 0 saturated carbocycles. The summed E-state index contributed by atoms with van der Waals surface area (Å²) < 4.78 is 50.9. The van der Waals surface area contributed by atoms with Gasteiger partial charge in [0.05, 0.1) is 34.6 Å². The average molecular weight is 467 g/mol. The van der Waals surface area contributed by atoms with Crippen molar-refractivity contribution in [1.82, 2.24) is 4.57 Å². The first kappa shape index (κ1) is 23.1. The first-order valence-electron chi connectivity index (χ1n) is 9.56. The number of rotatable bonds is 9. The van der Waals surface area contributed by atoms with Crippen LogP contribution >= 0.6 is 11.3 Å². The van der Waals surface area contributed by atoms with E-state index in [0.29, 0.717) is 23.7 Å². The number of benzene rings is 2. The van der Waals surface area contributed by atoms with Gasteiger partial charge >= 0.3 is 0 Å². The predicted octanol–water partition coefficient (Wildman–Crippen LogP) is 3.18. The molecule has 0 atom stereocenters. The largest absolute Gasteiger partial charge is 0.497 e. The Bertz CT molecular complexity index is 1230. The van der Waals surface area contributed by atoms with Gasteiger partial charge in [-0.15, -0.1) is 0 Å². The maximum absolute atomic E-state index is 13.0. The van der Waals surface area contributed by atoms with E-state index in [1.807, 2.05) is 22.8 Å². The van der Waals surface area contributed by atoms with Crippen LogP contribution in [0.15, 0.2) is 52.4 Å². The first-order chi connectivity index (χ1) is 14.8. The van der Waals surface area contributed by atoms with E-state index in [9.17, 15) is 17.6 Å². The van der Waals surface area contributed by atoms with Gasteiger partial charge in [0, 0.05) is 20.1 Å². The van der Waals surface area contributed by atoms with Gasteiger partial charge in [-0.05, 0) is 48.9 Å². The fourth-order valence-electron chi connectivity index (χ4n) is 3.00. The molecule has 2 aromatic carbocycles. The number of methoxy groups -OCH3 is 2. The molecule has 0 bridgehead atoms. The van der Waals surface area contributed by atoms with E-state index < -0.39 is 21.6 Å². The van der Waals surface area contributed by atoms with Crippen LogP contribution in [0.4, 0.5) is 4.39 Å². The van der Waals surface area contributed by atoms with Gasteiger partial charge in [0.2, 0.25) is 5.91 Å². The molecule has 3 aromatic rings. The number of ether oxygens (including phenoxy) is 2. The van der Waals surface area contributed by atoms with Crippen LogP contribution in [0.2, 0.25) is 0 Å². The van der Waals surface area contributed by atoms with Crippen molar-refractivity contribution in [2.75, 3.05) is 26.6 Å². The van der Waals surface area contributed by atoms with Gasteiger partial charge in [-0.3, -0.25) is 4.79 Å². The Kier molecular flexibility index (Phi) is 7.58. The van der Waals surface area contributed by atoms with Crippen LogP contribution in [0.1, 0.15) is 12.8 Å². The van der Waals surface area contributed by atoms with E-state index in [-0.39, 0.29) is 23.5 Å². The molecule has 7 nitrogen and oxygen atoms in total. The third kappa shape index (κ3) is 5.78. The van der Waals surface area contributed by atoms with Crippen molar-refractivity contribution in [2.45, 2.75) is 24.3 Å². The summed E-state index contributed by atoms with van der Waals surface area (Å²) in [6.07, 6.45) is 0.112. The minimum absolute atomic E-state index is 0.0116. The topological polar surface area (TPSA) is 87.0 Å². The molecule has 1 aromatic heterocycles. The van der Waals surface area contributed by atoms with Crippen molar-refractivity contribution < 1.29 is 27.1 Å². The van der Waals surface area contributed by atoms with Crippen molar-refractivity contribution >= 4 is 37.3 Å². The number of hydrogen-bond acceptors (Lipinski definition) is 6. The van der Waals surface area contributed by atoms with Gasteiger partial charge in [-0.1, -0.05) is 11.3 Å². The van der Waals surface area contributed by atoms with Crippen LogP contribution < -0.4 is 9.54 Å². The Labute approximate surface area is 183 Å². The lowest BCUT2D eigenvalue weighted by Gasteiger charge is -2.05. The molecule has 0 saturated heterocycles. The van der Waals surface area contributed by atoms with Crippen molar-refractivity contribution in [3.8, 4) is 5.75 Å². The zero-order valence-corrected chi connectivity index (χ0v) is 18.8. The summed E-state index contributed by atoms with van der Waals surface area (Å²) in [6, 6.07) is 10.3. The molecule has 0 N–H and O–H groups in total. The average Bonchev–Trinajstić information content (AvgIpc) is 3.08. The van der Waals surface area contributed by atoms with Crippen LogP contribution in [0.25, 0.3) is 10.2 Å². The molecule has 0 fully saturated rings. The number of aromatic nitrogens is 1. The maximum Gasteiger partial charge on any atom is 0.248 e. The Hall–Kier alpha value is -2.56. The number of carbonyl (C=O) groups is 1. The standard InChI is InChI=1S/C21H23FN2O5S2/c1-28-12-11-24-18-10-7-16(29-2)14-19(18)30-21(24)23-20(25)4-3-13-31(26,27)17-8-5-15(22)6-9-17/h5-10,14H,3-4,11-13H2,1-2H3. The highest BCUT2D eigenvalue weighted by Crippen LogP contribution is 2.23. The van der Waals surface area contributed by atoms with Crippen LogP contribution in [-0.4, -0.2) is 45.5 Å². The lowest BCUT2D eigenvalue weighted by Crippen LogP contribution is -2.19. The highest BCUT2D eigenvalue weighted by atomic mass is 32.2. The number of halogens is 1. The number of amides is 1. The van der Waals surface area contributed by atoms with Gasteiger partial charge in [0.25, 0.3) is 0 Å². The molecule has 0 aliphatic carbocycles. The molecule has 0 spiro atoms. The number of nitrogens with zero attached hydrogens (tertiary/aromatic N) is 2. The Morgan fingerprint density at radius 2 is 1.90 bits per heavy atom. The number of fused-ring (bicyclic) bond motifs is 1. The minimum atomic E-state index is -3.59. The molecule has 0 aliphatic rings. The monoisotopic (exact) mass is 466 g/mol. The second kappa shape index (κ2) is 10.2. The Balaban J connectivity index is 1.76. The fraction of sp³-hybridized carbons (Fsp3) is 0.333. The third-order valence-electron chi connectivity index (χ3n) is 4.61. The number of thiazole rings is 1. The van der Waals surface area contributed by atoms with Crippen LogP contribution in [0.5, 0.6) is 5.75 Å². The lowest BCUT2D eigenvalue weighted by atomic mass is 10.3. The summed E-state index contributed by atoms with van der Waals surface area (Å²) in [5.74, 6) is -0.418. The zero-order chi connectivity index (χ0) is 22.4. The molecule has 1 amide bonds. The van der Waals surface area contributed by atoms with Crippen molar-refractivity contribution in [1.29, 1.82) is 0 Å². The van der Waals surface area contributed by atoms with Crippen LogP contribution in [0, 0.1) is 5.82 Å². The zero-order valence-electron chi connectivity index (χ0n) is 17.2. The summed E-state index contributed by atoms with van der Waals surface area (Å²) in [5, 5.41) is 0. The molecular weight excluding hydrogens is 443 g/mol. The molecule has 0 aliphatic heterocycles. The maximum atomic E-state index is 13.0. The molecular formula is C21H23FN2O5S2. The molecule has 3 rings (SSSR count). The van der Waals surface area contributed by atoms with Crippen molar-refractivity contribution in [3.05, 3.63) is 53.1 Å². The predicted molar refractivity (Wildman–Crippen MR) is 116 cm³/mol. The smallest absolute Gasteiger partial charge is 0.248 e. The first-order valence-corrected chi connectivity index (χ1v) is 12.0. The van der Waals surface area contributed by atoms with E-state index in [0.717, 1.165) is 22.3 Å². The van der Waals surface area contributed by atoms with E-state index in [1.165, 1.54) is 23.5 Å². The van der Waals surface area contributed by atoms with Gasteiger partial charge in [-0.2, -0.15) is 4.99 Å². The quantitative estimate of drug-likeness (QED) is 0.452. The third-order valence-corrected chi connectivity index (χ3v) is 7.46.